The Morgan fingerprint density at radius 3 is 2.52 bits per heavy atom. The van der Waals surface area contributed by atoms with Crippen molar-refractivity contribution in [2.75, 3.05) is 19.7 Å². The second-order valence-electron chi connectivity index (χ2n) is 7.41. The van der Waals surface area contributed by atoms with E-state index in [1.807, 2.05) is 41.3 Å². The number of hydrogen-bond acceptors (Lipinski definition) is 4. The van der Waals surface area contributed by atoms with Crippen molar-refractivity contribution < 1.29 is 14.6 Å². The molecule has 1 N–H and O–H groups in total. The molecule has 2 aromatic carbocycles. The third-order valence-electron chi connectivity index (χ3n) is 5.62. The number of aromatic hydroxyl groups is 1. The Hall–Kier alpha value is -2.37. The fourth-order valence-electron chi connectivity index (χ4n) is 4.14. The lowest BCUT2D eigenvalue weighted by atomic mass is 10.0. The van der Waals surface area contributed by atoms with E-state index >= 15 is 0 Å². The number of phenols is 1. The number of rotatable bonds is 4. The topological polar surface area (TPSA) is 53.0 Å². The molecular formula is C22H26N2O3. The summed E-state index contributed by atoms with van der Waals surface area (Å²) in [4.78, 5) is 16.9. The molecule has 2 atom stereocenters. The summed E-state index contributed by atoms with van der Waals surface area (Å²) in [5.41, 5.74) is 2.10. The maximum Gasteiger partial charge on any atom is 0.249 e. The van der Waals surface area contributed by atoms with E-state index in [9.17, 15) is 9.90 Å². The predicted octanol–water partition coefficient (Wildman–Crippen LogP) is 2.78. The standard InChI is InChI=1S/C22H26N2O3/c25-20-9-5-4-8-18(20)15-23-12-10-19-21(11-13-23)27-16-22(26)24(19)14-17-6-2-1-3-7-17/h1-9,19,21,25H,10-16H2/t19-,21-/m0/s1. The van der Waals surface area contributed by atoms with Crippen LogP contribution in [-0.2, 0) is 22.6 Å². The molecule has 0 saturated carbocycles. The molecule has 27 heavy (non-hydrogen) atoms. The van der Waals surface area contributed by atoms with Gasteiger partial charge < -0.3 is 14.7 Å². The van der Waals surface area contributed by atoms with Crippen molar-refractivity contribution in [2.45, 2.75) is 38.1 Å². The molecule has 2 aliphatic heterocycles. The number of carbonyl (C=O) groups is 1. The number of para-hydroxylation sites is 1. The van der Waals surface area contributed by atoms with Gasteiger partial charge in [-0.3, -0.25) is 9.69 Å². The van der Waals surface area contributed by atoms with Crippen LogP contribution in [0, 0.1) is 0 Å². The fraction of sp³-hybridized carbons (Fsp3) is 0.409. The number of phenolic OH excluding ortho intramolecular Hbond substituents is 1. The van der Waals surface area contributed by atoms with Gasteiger partial charge in [0, 0.05) is 31.7 Å². The summed E-state index contributed by atoms with van der Waals surface area (Å²) < 4.78 is 5.90. The molecule has 2 aromatic rings. The summed E-state index contributed by atoms with van der Waals surface area (Å²) >= 11 is 0. The molecule has 0 bridgehead atoms. The summed E-state index contributed by atoms with van der Waals surface area (Å²) in [5.74, 6) is 0.422. The number of likely N-dealkylation sites (tertiary alicyclic amines) is 1. The van der Waals surface area contributed by atoms with Gasteiger partial charge in [0.1, 0.15) is 12.4 Å². The van der Waals surface area contributed by atoms with E-state index in [1.165, 1.54) is 0 Å². The number of amides is 1. The number of nitrogens with zero attached hydrogens (tertiary/aromatic N) is 2. The zero-order chi connectivity index (χ0) is 18.6. The van der Waals surface area contributed by atoms with Gasteiger partial charge in [-0.25, -0.2) is 0 Å². The lowest BCUT2D eigenvalue weighted by Gasteiger charge is -2.40. The molecule has 0 aliphatic carbocycles. The monoisotopic (exact) mass is 366 g/mol. The van der Waals surface area contributed by atoms with Crippen molar-refractivity contribution in [3.05, 3.63) is 65.7 Å². The largest absolute Gasteiger partial charge is 0.508 e. The van der Waals surface area contributed by atoms with Crippen molar-refractivity contribution in [3.8, 4) is 5.75 Å². The molecule has 142 valence electrons. The lowest BCUT2D eigenvalue weighted by Crippen LogP contribution is -2.53. The minimum absolute atomic E-state index is 0.0780. The number of ether oxygens (including phenoxy) is 1. The van der Waals surface area contributed by atoms with E-state index in [4.69, 9.17) is 4.74 Å². The first-order valence-corrected chi connectivity index (χ1v) is 9.65. The Labute approximate surface area is 160 Å². The van der Waals surface area contributed by atoms with Gasteiger partial charge in [0.2, 0.25) is 5.91 Å². The molecule has 5 nitrogen and oxygen atoms in total. The Balaban J connectivity index is 1.46. The number of benzene rings is 2. The van der Waals surface area contributed by atoms with Crippen molar-refractivity contribution in [1.29, 1.82) is 0 Å². The van der Waals surface area contributed by atoms with E-state index < -0.39 is 0 Å². The third kappa shape index (κ3) is 4.15. The zero-order valence-electron chi connectivity index (χ0n) is 15.5. The molecule has 4 rings (SSSR count). The van der Waals surface area contributed by atoms with Crippen LogP contribution in [0.15, 0.2) is 54.6 Å². The van der Waals surface area contributed by atoms with Gasteiger partial charge in [0.05, 0.1) is 12.1 Å². The van der Waals surface area contributed by atoms with Crippen LogP contribution in [0.25, 0.3) is 0 Å². The minimum atomic E-state index is 0.0780. The van der Waals surface area contributed by atoms with Gasteiger partial charge >= 0.3 is 0 Å². The Kier molecular flexibility index (Phi) is 5.41. The molecule has 2 aliphatic rings. The average molecular weight is 366 g/mol. The molecule has 5 heteroatoms. The van der Waals surface area contributed by atoms with Crippen LogP contribution < -0.4 is 0 Å². The summed E-state index contributed by atoms with van der Waals surface area (Å²) in [5, 5.41) is 10.1. The summed E-state index contributed by atoms with van der Waals surface area (Å²) in [6, 6.07) is 17.8. The Morgan fingerprint density at radius 2 is 1.70 bits per heavy atom. The number of hydrogen-bond donors (Lipinski definition) is 1. The Bertz CT molecular complexity index is 780. The van der Waals surface area contributed by atoms with Crippen LogP contribution in [0.1, 0.15) is 24.0 Å². The van der Waals surface area contributed by atoms with Crippen LogP contribution in [-0.4, -0.2) is 52.7 Å². The minimum Gasteiger partial charge on any atom is -0.508 e. The van der Waals surface area contributed by atoms with Gasteiger partial charge in [0.25, 0.3) is 0 Å². The number of morpholine rings is 1. The zero-order valence-corrected chi connectivity index (χ0v) is 15.5. The lowest BCUT2D eigenvalue weighted by molar-refractivity contribution is -0.158. The fourth-order valence-corrected chi connectivity index (χ4v) is 4.14. The van der Waals surface area contributed by atoms with E-state index in [0.717, 1.165) is 43.6 Å². The molecule has 0 radical (unpaired) electrons. The van der Waals surface area contributed by atoms with Crippen LogP contribution >= 0.6 is 0 Å². The first-order valence-electron chi connectivity index (χ1n) is 9.65. The highest BCUT2D eigenvalue weighted by Gasteiger charge is 2.38. The molecule has 2 saturated heterocycles. The van der Waals surface area contributed by atoms with Gasteiger partial charge in [0.15, 0.2) is 0 Å². The van der Waals surface area contributed by atoms with E-state index in [1.54, 1.807) is 6.07 Å². The summed E-state index contributed by atoms with van der Waals surface area (Å²) in [6.45, 7) is 3.33. The quantitative estimate of drug-likeness (QED) is 0.904. The van der Waals surface area contributed by atoms with E-state index in [0.29, 0.717) is 12.3 Å². The molecule has 0 spiro atoms. The van der Waals surface area contributed by atoms with Crippen LogP contribution in [0.2, 0.25) is 0 Å². The summed E-state index contributed by atoms with van der Waals surface area (Å²) in [6.07, 6.45) is 1.87. The molecule has 2 fully saturated rings. The maximum absolute atomic E-state index is 12.5. The highest BCUT2D eigenvalue weighted by atomic mass is 16.5. The van der Waals surface area contributed by atoms with Crippen molar-refractivity contribution in [1.82, 2.24) is 9.80 Å². The van der Waals surface area contributed by atoms with Crippen molar-refractivity contribution >= 4 is 5.91 Å². The molecule has 1 amide bonds. The van der Waals surface area contributed by atoms with Crippen molar-refractivity contribution in [2.24, 2.45) is 0 Å². The second-order valence-corrected chi connectivity index (χ2v) is 7.41. The van der Waals surface area contributed by atoms with Gasteiger partial charge in [-0.1, -0.05) is 48.5 Å². The summed E-state index contributed by atoms with van der Waals surface area (Å²) in [7, 11) is 0. The number of fused-ring (bicyclic) bond motifs is 1. The van der Waals surface area contributed by atoms with Crippen LogP contribution in [0.3, 0.4) is 0 Å². The van der Waals surface area contributed by atoms with Gasteiger partial charge in [-0.05, 0) is 24.5 Å². The van der Waals surface area contributed by atoms with Gasteiger partial charge in [-0.15, -0.1) is 0 Å². The van der Waals surface area contributed by atoms with Crippen LogP contribution in [0.5, 0.6) is 5.75 Å². The number of carbonyl (C=O) groups excluding carboxylic acids is 1. The van der Waals surface area contributed by atoms with Crippen molar-refractivity contribution in [3.63, 3.8) is 0 Å². The average Bonchev–Trinajstić information content (AvgIpc) is 2.89. The normalized spacial score (nSPS) is 23.7. The molecule has 0 unspecified atom stereocenters. The Morgan fingerprint density at radius 1 is 0.963 bits per heavy atom. The van der Waals surface area contributed by atoms with Gasteiger partial charge in [-0.2, -0.15) is 0 Å². The van der Waals surface area contributed by atoms with E-state index in [-0.39, 0.29) is 24.7 Å². The molecule has 2 heterocycles. The predicted molar refractivity (Wildman–Crippen MR) is 103 cm³/mol. The van der Waals surface area contributed by atoms with Crippen LogP contribution in [0.4, 0.5) is 0 Å². The maximum atomic E-state index is 12.5. The smallest absolute Gasteiger partial charge is 0.249 e. The highest BCUT2D eigenvalue weighted by Crippen LogP contribution is 2.27. The SMILES string of the molecule is O=C1CO[C@H]2CCN(Cc3ccccc3O)CC[C@@H]2N1Cc1ccccc1. The molecular weight excluding hydrogens is 340 g/mol. The van der Waals surface area contributed by atoms with E-state index in [2.05, 4.69) is 17.0 Å². The first kappa shape index (κ1) is 18.0. The second kappa shape index (κ2) is 8.11. The molecule has 0 aromatic heterocycles. The third-order valence-corrected chi connectivity index (χ3v) is 5.62. The first-order chi connectivity index (χ1) is 13.2. The highest BCUT2D eigenvalue weighted by molar-refractivity contribution is 5.78.